The summed E-state index contributed by atoms with van der Waals surface area (Å²) in [6, 6.07) is -1.29. The zero-order valence-electron chi connectivity index (χ0n) is 5.59. The number of alkyl halides is 2. The third-order valence-electron chi connectivity index (χ3n) is 1.50. The van der Waals surface area contributed by atoms with Crippen LogP contribution in [0.15, 0.2) is 4.99 Å². The number of halogens is 2. The smallest absolute Gasteiger partial charge is 0.258 e. The molecule has 2 radical (unpaired) electrons. The Balaban J connectivity index is 2.49. The van der Waals surface area contributed by atoms with Gasteiger partial charge in [-0.1, -0.05) is 6.92 Å². The molecule has 0 aliphatic carbocycles. The Morgan fingerprint density at radius 2 is 2.30 bits per heavy atom. The molecular weight excluding hydrogens is 138 g/mol. The summed E-state index contributed by atoms with van der Waals surface area (Å²) in [4.78, 5) is 3.42. The van der Waals surface area contributed by atoms with Gasteiger partial charge in [-0.3, -0.25) is 10.3 Å². The summed E-state index contributed by atoms with van der Waals surface area (Å²) in [7, 11) is 0. The first kappa shape index (κ1) is 7.44. The molecule has 0 fully saturated rings. The van der Waals surface area contributed by atoms with Gasteiger partial charge in [-0.25, -0.2) is 8.78 Å². The van der Waals surface area contributed by atoms with Gasteiger partial charge < -0.3 is 0 Å². The van der Waals surface area contributed by atoms with Gasteiger partial charge in [0.15, 0.2) is 6.34 Å². The number of hydrogen-bond donors (Lipinski definition) is 0. The molecule has 1 aliphatic heterocycles. The monoisotopic (exact) mass is 146 g/mol. The summed E-state index contributed by atoms with van der Waals surface area (Å²) < 4.78 is 24.0. The molecule has 0 spiro atoms. The fourth-order valence-corrected chi connectivity index (χ4v) is 0.894. The predicted octanol–water partition coefficient (Wildman–Crippen LogP) is 0.922. The molecule has 0 aromatic heterocycles. The molecule has 2 atom stereocenters. The van der Waals surface area contributed by atoms with E-state index < -0.39 is 12.5 Å². The molecule has 0 saturated heterocycles. The Hall–Kier alpha value is -0.670. The summed E-state index contributed by atoms with van der Waals surface area (Å²) in [5.41, 5.74) is 0. The lowest BCUT2D eigenvalue weighted by Gasteiger charge is -2.12. The minimum Gasteiger partial charge on any atom is -0.258 e. The van der Waals surface area contributed by atoms with Crippen LogP contribution in [0, 0.1) is 0 Å². The molecule has 0 aromatic rings. The van der Waals surface area contributed by atoms with Crippen LogP contribution in [-0.4, -0.2) is 24.8 Å². The molecule has 1 rings (SSSR count). The van der Waals surface area contributed by atoms with Crippen molar-refractivity contribution in [3.63, 3.8) is 0 Å². The molecule has 2 unspecified atom stereocenters. The quantitative estimate of drug-likeness (QED) is 0.554. The van der Waals surface area contributed by atoms with Crippen LogP contribution < -0.4 is 5.32 Å². The summed E-state index contributed by atoms with van der Waals surface area (Å²) in [5.74, 6) is 0. The van der Waals surface area contributed by atoms with E-state index in [1.165, 1.54) is 0 Å². The topological polar surface area (TPSA) is 26.5 Å². The van der Waals surface area contributed by atoms with E-state index in [9.17, 15) is 8.78 Å². The zero-order valence-corrected chi connectivity index (χ0v) is 5.59. The van der Waals surface area contributed by atoms with Gasteiger partial charge in [-0.05, 0) is 6.42 Å². The third kappa shape index (κ3) is 1.25. The van der Waals surface area contributed by atoms with Crippen molar-refractivity contribution in [2.45, 2.75) is 31.9 Å². The maximum absolute atomic E-state index is 12.0. The summed E-state index contributed by atoms with van der Waals surface area (Å²) in [5, 5.41) is 3.66. The molecule has 1 aliphatic rings. The Kier molecular flexibility index (Phi) is 2.19. The molecule has 0 aromatic carbocycles. The molecule has 56 valence electrons. The molecule has 1 heterocycles. The van der Waals surface area contributed by atoms with Gasteiger partial charge >= 0.3 is 0 Å². The van der Waals surface area contributed by atoms with E-state index in [1.54, 1.807) is 0 Å². The van der Waals surface area contributed by atoms with Crippen molar-refractivity contribution in [2.24, 2.45) is 4.99 Å². The third-order valence-corrected chi connectivity index (χ3v) is 1.50. The second-order valence-corrected chi connectivity index (χ2v) is 2.16. The lowest BCUT2D eigenvalue weighted by atomic mass is 10.1. The molecule has 10 heavy (non-hydrogen) atoms. The Morgan fingerprint density at radius 1 is 1.60 bits per heavy atom. The van der Waals surface area contributed by atoms with E-state index in [1.807, 2.05) is 6.92 Å². The summed E-state index contributed by atoms with van der Waals surface area (Å²) >= 11 is 0. The summed E-state index contributed by atoms with van der Waals surface area (Å²) in [6.07, 6.45) is 0.428. The van der Waals surface area contributed by atoms with Gasteiger partial charge in [0.05, 0.1) is 6.04 Å². The molecule has 4 heteroatoms. The number of aliphatic imine (C=N–C) groups is 1. The highest BCUT2D eigenvalue weighted by Gasteiger charge is 2.32. The van der Waals surface area contributed by atoms with Crippen LogP contribution in [0.1, 0.15) is 13.3 Å². The van der Waals surface area contributed by atoms with Gasteiger partial charge in [-0.15, -0.1) is 0 Å². The first-order valence-electron chi connectivity index (χ1n) is 3.18. The maximum Gasteiger partial charge on any atom is 0.262 e. The largest absolute Gasteiger partial charge is 0.262 e. The van der Waals surface area contributed by atoms with E-state index in [-0.39, 0.29) is 6.04 Å². The second-order valence-electron chi connectivity index (χ2n) is 2.16. The van der Waals surface area contributed by atoms with Crippen LogP contribution in [0.2, 0.25) is 0 Å². The van der Waals surface area contributed by atoms with Gasteiger partial charge in [0.1, 0.15) is 6.04 Å². The van der Waals surface area contributed by atoms with Gasteiger partial charge in [0, 0.05) is 0 Å². The normalized spacial score (nSPS) is 31.2. The molecule has 0 bridgehead atoms. The van der Waals surface area contributed by atoms with Crippen LogP contribution in [0.4, 0.5) is 8.78 Å². The Morgan fingerprint density at radius 3 is 2.70 bits per heavy atom. The van der Waals surface area contributed by atoms with Crippen molar-refractivity contribution in [2.75, 3.05) is 0 Å². The van der Waals surface area contributed by atoms with Gasteiger partial charge in [0.25, 0.3) is 6.43 Å². The highest BCUT2D eigenvalue weighted by molar-refractivity contribution is 5.57. The number of hydrogen-bond acceptors (Lipinski definition) is 1. The minimum atomic E-state index is -2.40. The van der Waals surface area contributed by atoms with Crippen LogP contribution in [-0.2, 0) is 0 Å². The van der Waals surface area contributed by atoms with Crippen molar-refractivity contribution in [3.8, 4) is 0 Å². The fraction of sp³-hybridized carbons (Fsp3) is 0.833. The van der Waals surface area contributed by atoms with E-state index >= 15 is 0 Å². The van der Waals surface area contributed by atoms with Crippen molar-refractivity contribution < 1.29 is 8.78 Å². The van der Waals surface area contributed by atoms with Crippen LogP contribution >= 0.6 is 0 Å². The maximum atomic E-state index is 12.0. The van der Waals surface area contributed by atoms with E-state index in [0.29, 0.717) is 6.42 Å². The second kappa shape index (κ2) is 2.94. The molecule has 0 saturated carbocycles. The molecule has 2 nitrogen and oxygen atoms in total. The summed E-state index contributed by atoms with van der Waals surface area (Å²) in [6.45, 7) is 1.81. The standard InChI is InChI=1S/C6H8F2N2/c1-2-4-5(6(7)8)10-3-9-4/h4-6H,2H2,1H3. The average Bonchev–Trinajstić information content (AvgIpc) is 2.33. The van der Waals surface area contributed by atoms with Crippen LogP contribution in [0.5, 0.6) is 0 Å². The minimum absolute atomic E-state index is 0.347. The van der Waals surface area contributed by atoms with Crippen molar-refractivity contribution in [3.05, 3.63) is 0 Å². The molecular formula is C6H8F2N2. The van der Waals surface area contributed by atoms with Gasteiger partial charge in [0.2, 0.25) is 0 Å². The first-order valence-corrected chi connectivity index (χ1v) is 3.18. The molecule has 0 N–H and O–H groups in total. The fourth-order valence-electron chi connectivity index (χ4n) is 0.894. The van der Waals surface area contributed by atoms with E-state index in [0.717, 1.165) is 0 Å². The highest BCUT2D eigenvalue weighted by Crippen LogP contribution is 2.16. The van der Waals surface area contributed by atoms with E-state index in [4.69, 9.17) is 0 Å². The van der Waals surface area contributed by atoms with Crippen molar-refractivity contribution in [1.82, 2.24) is 5.32 Å². The average molecular weight is 146 g/mol. The number of rotatable bonds is 2. The Labute approximate surface area is 58.3 Å². The Bertz CT molecular complexity index is 136. The lowest BCUT2D eigenvalue weighted by molar-refractivity contribution is 0.106. The lowest BCUT2D eigenvalue weighted by Crippen LogP contribution is -2.31. The van der Waals surface area contributed by atoms with Crippen molar-refractivity contribution >= 4 is 6.34 Å². The van der Waals surface area contributed by atoms with Crippen LogP contribution in [0.3, 0.4) is 0 Å². The molecule has 0 amide bonds. The highest BCUT2D eigenvalue weighted by atomic mass is 19.3. The van der Waals surface area contributed by atoms with Crippen LogP contribution in [0.25, 0.3) is 0 Å². The van der Waals surface area contributed by atoms with E-state index in [2.05, 4.69) is 16.6 Å². The first-order chi connectivity index (χ1) is 4.75. The van der Waals surface area contributed by atoms with Gasteiger partial charge in [-0.2, -0.15) is 0 Å². The SMILES string of the molecule is CCC1[N][C]=NC1C(F)F. The zero-order chi connectivity index (χ0) is 7.56. The number of nitrogens with zero attached hydrogens (tertiary/aromatic N) is 2. The van der Waals surface area contributed by atoms with Crippen molar-refractivity contribution in [1.29, 1.82) is 0 Å². The predicted molar refractivity (Wildman–Crippen MR) is 33.4 cm³/mol.